The summed E-state index contributed by atoms with van der Waals surface area (Å²) in [6, 6.07) is 19.2. The van der Waals surface area contributed by atoms with Gasteiger partial charge in [-0.2, -0.15) is 4.31 Å². The van der Waals surface area contributed by atoms with Crippen LogP contribution in [-0.2, 0) is 10.0 Å². The van der Waals surface area contributed by atoms with E-state index in [1.54, 1.807) is 12.1 Å². The molecular formula is C24H25N3O6S. The fraction of sp³-hybridized carbons (Fsp3) is 0.250. The molecule has 0 unspecified atom stereocenters. The number of benzene rings is 3. The van der Waals surface area contributed by atoms with Crippen molar-refractivity contribution < 1.29 is 23.2 Å². The average molecular weight is 484 g/mol. The molecule has 1 atom stereocenters. The minimum atomic E-state index is -3.68. The van der Waals surface area contributed by atoms with Crippen molar-refractivity contribution in [3.63, 3.8) is 0 Å². The molecule has 178 valence electrons. The highest BCUT2D eigenvalue weighted by molar-refractivity contribution is 7.89. The molecule has 0 spiro atoms. The van der Waals surface area contributed by atoms with Crippen molar-refractivity contribution in [3.8, 4) is 11.5 Å². The molecule has 1 N–H and O–H groups in total. The number of methoxy groups -OCH3 is 1. The molecule has 3 aromatic rings. The van der Waals surface area contributed by atoms with Gasteiger partial charge in [-0.3, -0.25) is 15.0 Å². The topological polar surface area (TPSA) is 113 Å². The van der Waals surface area contributed by atoms with Crippen LogP contribution in [0.25, 0.3) is 0 Å². The zero-order chi connectivity index (χ0) is 24.3. The maximum Gasteiger partial charge on any atom is 0.270 e. The van der Waals surface area contributed by atoms with Crippen molar-refractivity contribution in [3.05, 3.63) is 94.0 Å². The van der Waals surface area contributed by atoms with Crippen LogP contribution in [0.15, 0.2) is 77.7 Å². The van der Waals surface area contributed by atoms with Crippen molar-refractivity contribution in [2.75, 3.05) is 33.3 Å². The van der Waals surface area contributed by atoms with Gasteiger partial charge in [0.1, 0.15) is 11.5 Å². The number of phenolic OH excluding ortho intramolecular Hbond substituents is 1. The van der Waals surface area contributed by atoms with Crippen molar-refractivity contribution in [2.45, 2.75) is 10.9 Å². The van der Waals surface area contributed by atoms with Gasteiger partial charge in [-0.25, -0.2) is 8.42 Å². The fourth-order valence-electron chi connectivity index (χ4n) is 4.20. The predicted molar refractivity (Wildman–Crippen MR) is 126 cm³/mol. The number of hydrogen-bond acceptors (Lipinski definition) is 7. The molecule has 1 aliphatic heterocycles. The molecule has 0 aliphatic carbocycles. The first-order valence-corrected chi connectivity index (χ1v) is 12.2. The smallest absolute Gasteiger partial charge is 0.270 e. The van der Waals surface area contributed by atoms with E-state index < -0.39 is 21.0 Å². The van der Waals surface area contributed by atoms with Crippen LogP contribution in [0, 0.1) is 10.1 Å². The monoisotopic (exact) mass is 483 g/mol. The summed E-state index contributed by atoms with van der Waals surface area (Å²) in [5.74, 6) is 0.527. The largest absolute Gasteiger partial charge is 0.508 e. The van der Waals surface area contributed by atoms with Crippen LogP contribution in [0.2, 0.25) is 0 Å². The van der Waals surface area contributed by atoms with Gasteiger partial charge in [0.05, 0.1) is 23.0 Å². The highest BCUT2D eigenvalue weighted by Gasteiger charge is 2.33. The average Bonchev–Trinajstić information content (AvgIpc) is 2.86. The van der Waals surface area contributed by atoms with E-state index in [2.05, 4.69) is 0 Å². The number of ether oxygens (including phenoxy) is 1. The summed E-state index contributed by atoms with van der Waals surface area (Å²) >= 11 is 0. The van der Waals surface area contributed by atoms with E-state index in [1.165, 1.54) is 41.7 Å². The molecule has 0 aromatic heterocycles. The Kier molecular flexibility index (Phi) is 6.82. The van der Waals surface area contributed by atoms with Crippen LogP contribution in [0.5, 0.6) is 11.5 Å². The van der Waals surface area contributed by atoms with Gasteiger partial charge in [-0.1, -0.05) is 30.3 Å². The molecule has 4 rings (SSSR count). The van der Waals surface area contributed by atoms with Crippen LogP contribution in [0.1, 0.15) is 17.2 Å². The molecular weight excluding hydrogens is 458 g/mol. The standard InChI is InChI=1S/C24H25N3O6S/c1-33-20-8-10-21(11-9-20)34(31,32)26-15-13-25(14-16-26)24(18-5-3-2-4-6-18)22-17-19(27(29)30)7-12-23(22)28/h2-12,17,24,28H,13-16H2,1H3/t24-/m0/s1. The molecule has 1 aliphatic rings. The van der Waals surface area contributed by atoms with Crippen LogP contribution >= 0.6 is 0 Å². The normalized spacial score (nSPS) is 16.1. The molecule has 9 nitrogen and oxygen atoms in total. The second kappa shape index (κ2) is 9.80. The predicted octanol–water partition coefficient (Wildman–Crippen LogP) is 3.40. The Morgan fingerprint density at radius 2 is 1.62 bits per heavy atom. The molecule has 1 saturated heterocycles. The second-order valence-corrected chi connectivity index (χ2v) is 9.87. The first-order chi connectivity index (χ1) is 16.3. The third-order valence-corrected chi connectivity index (χ3v) is 7.88. The molecule has 0 bridgehead atoms. The number of rotatable bonds is 7. The Morgan fingerprint density at radius 1 is 0.971 bits per heavy atom. The molecule has 1 fully saturated rings. The van der Waals surface area contributed by atoms with E-state index in [-0.39, 0.29) is 29.4 Å². The van der Waals surface area contributed by atoms with Crippen molar-refractivity contribution in [1.29, 1.82) is 0 Å². The maximum atomic E-state index is 13.1. The number of aromatic hydroxyl groups is 1. The molecule has 34 heavy (non-hydrogen) atoms. The van der Waals surface area contributed by atoms with Crippen LogP contribution in [0.3, 0.4) is 0 Å². The van der Waals surface area contributed by atoms with Gasteiger partial charge in [-0.15, -0.1) is 0 Å². The Morgan fingerprint density at radius 3 is 2.21 bits per heavy atom. The molecule has 3 aromatic carbocycles. The quantitative estimate of drug-likeness (QED) is 0.405. The number of sulfonamides is 1. The van der Waals surface area contributed by atoms with E-state index in [4.69, 9.17) is 4.74 Å². The van der Waals surface area contributed by atoms with Gasteiger partial charge < -0.3 is 9.84 Å². The van der Waals surface area contributed by atoms with E-state index in [9.17, 15) is 23.6 Å². The molecule has 10 heteroatoms. The van der Waals surface area contributed by atoms with Crippen LogP contribution < -0.4 is 4.74 Å². The molecule has 1 heterocycles. The Balaban J connectivity index is 1.61. The molecule has 0 radical (unpaired) electrons. The SMILES string of the molecule is COc1ccc(S(=O)(=O)N2CCN([C@@H](c3ccccc3)c3cc([N+](=O)[O-])ccc3O)CC2)cc1. The lowest BCUT2D eigenvalue weighted by Gasteiger charge is -2.39. The summed E-state index contributed by atoms with van der Waals surface area (Å²) in [5.41, 5.74) is 1.14. The van der Waals surface area contributed by atoms with Crippen LogP contribution in [-0.4, -0.2) is 60.9 Å². The van der Waals surface area contributed by atoms with E-state index in [0.717, 1.165) is 5.56 Å². The molecule has 0 amide bonds. The Hall–Kier alpha value is -3.47. The minimum Gasteiger partial charge on any atom is -0.508 e. The summed E-state index contributed by atoms with van der Waals surface area (Å²) in [7, 11) is -2.16. The van der Waals surface area contributed by atoms with Gasteiger partial charge in [-0.05, 0) is 35.9 Å². The number of piperazine rings is 1. The van der Waals surface area contributed by atoms with E-state index in [0.29, 0.717) is 24.4 Å². The van der Waals surface area contributed by atoms with E-state index in [1.807, 2.05) is 35.2 Å². The van der Waals surface area contributed by atoms with Crippen molar-refractivity contribution >= 4 is 15.7 Å². The Bertz CT molecular complexity index is 1260. The summed E-state index contributed by atoms with van der Waals surface area (Å²) in [6.07, 6.45) is 0. The summed E-state index contributed by atoms with van der Waals surface area (Å²) in [5, 5.41) is 21.9. The summed E-state index contributed by atoms with van der Waals surface area (Å²) < 4.78 is 32.8. The van der Waals surface area contributed by atoms with E-state index >= 15 is 0 Å². The maximum absolute atomic E-state index is 13.1. The lowest BCUT2D eigenvalue weighted by Crippen LogP contribution is -2.49. The number of non-ortho nitro benzene ring substituents is 1. The highest BCUT2D eigenvalue weighted by atomic mass is 32.2. The second-order valence-electron chi connectivity index (χ2n) is 7.93. The van der Waals surface area contributed by atoms with Gasteiger partial charge in [0.2, 0.25) is 10.0 Å². The first-order valence-electron chi connectivity index (χ1n) is 10.7. The lowest BCUT2D eigenvalue weighted by atomic mass is 9.95. The third-order valence-electron chi connectivity index (χ3n) is 5.97. The minimum absolute atomic E-state index is 0.0484. The number of nitro groups is 1. The number of phenols is 1. The first kappa shape index (κ1) is 23.7. The van der Waals surface area contributed by atoms with Gasteiger partial charge >= 0.3 is 0 Å². The van der Waals surface area contributed by atoms with Crippen LogP contribution in [0.4, 0.5) is 5.69 Å². The third kappa shape index (κ3) is 4.74. The summed E-state index contributed by atoms with van der Waals surface area (Å²) in [4.78, 5) is 13.1. The van der Waals surface area contributed by atoms with Gasteiger partial charge in [0, 0.05) is 43.9 Å². The summed E-state index contributed by atoms with van der Waals surface area (Å²) in [6.45, 7) is 1.26. The number of nitrogens with zero attached hydrogens (tertiary/aromatic N) is 3. The number of nitro benzene ring substituents is 1. The van der Waals surface area contributed by atoms with Gasteiger partial charge in [0.25, 0.3) is 5.69 Å². The van der Waals surface area contributed by atoms with Gasteiger partial charge in [0.15, 0.2) is 0 Å². The number of hydrogen-bond donors (Lipinski definition) is 1. The lowest BCUT2D eigenvalue weighted by molar-refractivity contribution is -0.385. The van der Waals surface area contributed by atoms with Crippen molar-refractivity contribution in [1.82, 2.24) is 9.21 Å². The molecule has 0 saturated carbocycles. The highest BCUT2D eigenvalue weighted by Crippen LogP contribution is 2.37. The fourth-order valence-corrected chi connectivity index (χ4v) is 5.62. The van der Waals surface area contributed by atoms with Crippen molar-refractivity contribution in [2.24, 2.45) is 0 Å². The zero-order valence-electron chi connectivity index (χ0n) is 18.6. The Labute approximate surface area is 198 Å². The zero-order valence-corrected chi connectivity index (χ0v) is 19.4.